The Balaban J connectivity index is 1.58. The molecule has 0 bridgehead atoms. The van der Waals surface area contributed by atoms with E-state index in [-0.39, 0.29) is 29.2 Å². The highest BCUT2D eigenvalue weighted by molar-refractivity contribution is 7.17. The monoisotopic (exact) mass is 446 g/mol. The van der Waals surface area contributed by atoms with Crippen LogP contribution in [0.4, 0.5) is 4.39 Å². The number of amides is 1. The number of benzene rings is 1. The minimum absolute atomic E-state index is 0.146. The van der Waals surface area contributed by atoms with Crippen LogP contribution in [-0.4, -0.2) is 26.7 Å². The lowest BCUT2D eigenvalue weighted by molar-refractivity contribution is 0.0953. The van der Waals surface area contributed by atoms with Crippen LogP contribution in [0.1, 0.15) is 44.5 Å². The van der Waals surface area contributed by atoms with Gasteiger partial charge in [-0.05, 0) is 44.9 Å². The van der Waals surface area contributed by atoms with E-state index in [9.17, 15) is 14.0 Å². The highest BCUT2D eigenvalue weighted by atomic mass is 35.5. The average Bonchev–Trinajstić information content (AvgIpc) is 3.30. The molecule has 0 saturated heterocycles. The number of carbonyl (C=O) groups is 1. The Kier molecular flexibility index (Phi) is 5.23. The van der Waals surface area contributed by atoms with Gasteiger partial charge in [-0.2, -0.15) is 5.10 Å². The standard InChI is InChI=1S/C21H20ClFN4O2S/c1-9-10(2)26-27(4)21(29)16(9)20-24-11(3)18(30-20)19(28)25-15-8-12(15)17-13(22)6-5-7-14(17)23/h5-7,12,15H,8H2,1-4H3,(H,25,28)/t12-,15+/m1/s1. The molecule has 0 spiro atoms. The highest BCUT2D eigenvalue weighted by Crippen LogP contribution is 2.45. The van der Waals surface area contributed by atoms with Gasteiger partial charge in [0.1, 0.15) is 15.7 Å². The van der Waals surface area contributed by atoms with E-state index < -0.39 is 0 Å². The summed E-state index contributed by atoms with van der Waals surface area (Å²) < 4.78 is 15.4. The fourth-order valence-corrected chi connectivity index (χ4v) is 4.95. The van der Waals surface area contributed by atoms with Gasteiger partial charge in [0.2, 0.25) is 0 Å². The van der Waals surface area contributed by atoms with Crippen LogP contribution in [0.2, 0.25) is 5.02 Å². The molecule has 1 aliphatic carbocycles. The third-order valence-electron chi connectivity index (χ3n) is 5.42. The molecule has 0 unspecified atom stereocenters. The molecule has 0 aliphatic heterocycles. The number of aromatic nitrogens is 3. The SMILES string of the molecule is Cc1nc(-c2c(C)c(C)nn(C)c2=O)sc1C(=O)N[C@H]1C[C@H]1c1c(F)cccc1Cl. The molecule has 2 atom stereocenters. The van der Waals surface area contributed by atoms with Crippen molar-refractivity contribution in [2.45, 2.75) is 39.2 Å². The van der Waals surface area contributed by atoms with Crippen molar-refractivity contribution in [3.05, 3.63) is 66.8 Å². The summed E-state index contributed by atoms with van der Waals surface area (Å²) in [6.45, 7) is 5.39. The molecule has 1 aromatic carbocycles. The molecule has 1 fully saturated rings. The van der Waals surface area contributed by atoms with Crippen molar-refractivity contribution >= 4 is 28.8 Å². The molecule has 1 amide bonds. The minimum atomic E-state index is -0.361. The van der Waals surface area contributed by atoms with E-state index in [1.165, 1.54) is 22.1 Å². The van der Waals surface area contributed by atoms with Gasteiger partial charge in [-0.3, -0.25) is 9.59 Å². The number of hydrogen-bond donors (Lipinski definition) is 1. The second-order valence-corrected chi connectivity index (χ2v) is 8.91. The van der Waals surface area contributed by atoms with E-state index in [2.05, 4.69) is 15.4 Å². The van der Waals surface area contributed by atoms with Crippen molar-refractivity contribution in [3.8, 4) is 10.6 Å². The van der Waals surface area contributed by atoms with Crippen molar-refractivity contribution in [3.63, 3.8) is 0 Å². The summed E-state index contributed by atoms with van der Waals surface area (Å²) in [7, 11) is 1.59. The van der Waals surface area contributed by atoms with Gasteiger partial charge in [0, 0.05) is 29.6 Å². The lowest BCUT2D eigenvalue weighted by Crippen LogP contribution is -2.26. The Labute approximate surface area is 181 Å². The molecular weight excluding hydrogens is 427 g/mol. The van der Waals surface area contributed by atoms with Crippen molar-refractivity contribution in [1.82, 2.24) is 20.1 Å². The molecular formula is C21H20ClFN4O2S. The lowest BCUT2D eigenvalue weighted by Gasteiger charge is -2.07. The minimum Gasteiger partial charge on any atom is -0.348 e. The zero-order valence-electron chi connectivity index (χ0n) is 16.9. The predicted octanol–water partition coefficient (Wildman–Crippen LogP) is 3.91. The average molecular weight is 447 g/mol. The summed E-state index contributed by atoms with van der Waals surface area (Å²) in [6, 6.07) is 4.40. The lowest BCUT2D eigenvalue weighted by atomic mass is 10.1. The highest BCUT2D eigenvalue weighted by Gasteiger charge is 2.42. The maximum absolute atomic E-state index is 14.1. The summed E-state index contributed by atoms with van der Waals surface area (Å²) >= 11 is 7.31. The number of nitrogens with zero attached hydrogens (tertiary/aromatic N) is 3. The summed E-state index contributed by atoms with van der Waals surface area (Å²) in [5.74, 6) is -0.788. The van der Waals surface area contributed by atoms with Gasteiger partial charge in [0.05, 0.1) is 17.0 Å². The number of aryl methyl sites for hydroxylation is 3. The molecule has 0 radical (unpaired) electrons. The zero-order chi connectivity index (χ0) is 21.7. The van der Waals surface area contributed by atoms with Crippen LogP contribution < -0.4 is 10.9 Å². The van der Waals surface area contributed by atoms with E-state index in [1.54, 1.807) is 26.1 Å². The third kappa shape index (κ3) is 3.54. The van der Waals surface area contributed by atoms with Gasteiger partial charge in [-0.1, -0.05) is 17.7 Å². The van der Waals surface area contributed by atoms with Gasteiger partial charge in [-0.15, -0.1) is 11.3 Å². The van der Waals surface area contributed by atoms with Gasteiger partial charge >= 0.3 is 0 Å². The summed E-state index contributed by atoms with van der Waals surface area (Å²) in [5.41, 5.74) is 2.67. The second-order valence-electron chi connectivity index (χ2n) is 7.51. The van der Waals surface area contributed by atoms with Gasteiger partial charge in [0.15, 0.2) is 0 Å². The fourth-order valence-electron chi connectivity index (χ4n) is 3.59. The smallest absolute Gasteiger partial charge is 0.277 e. The first-order chi connectivity index (χ1) is 14.2. The van der Waals surface area contributed by atoms with E-state index in [4.69, 9.17) is 11.6 Å². The summed E-state index contributed by atoms with van der Waals surface area (Å²) in [4.78, 5) is 30.4. The molecule has 6 nitrogen and oxygen atoms in total. The van der Waals surface area contributed by atoms with Crippen LogP contribution in [-0.2, 0) is 7.05 Å². The van der Waals surface area contributed by atoms with Gasteiger partial charge in [-0.25, -0.2) is 14.1 Å². The van der Waals surface area contributed by atoms with E-state index in [0.29, 0.717) is 38.1 Å². The molecule has 1 N–H and O–H groups in total. The number of halogens is 2. The summed E-state index contributed by atoms with van der Waals surface area (Å²) in [5, 5.41) is 7.98. The van der Waals surface area contributed by atoms with Crippen molar-refractivity contribution in [2.75, 3.05) is 0 Å². The van der Waals surface area contributed by atoms with Gasteiger partial charge in [0.25, 0.3) is 11.5 Å². The Morgan fingerprint density at radius 3 is 2.73 bits per heavy atom. The number of carbonyl (C=O) groups excluding carboxylic acids is 1. The Morgan fingerprint density at radius 1 is 1.30 bits per heavy atom. The first-order valence-electron chi connectivity index (χ1n) is 9.46. The van der Waals surface area contributed by atoms with Crippen LogP contribution in [0.3, 0.4) is 0 Å². The Hall–Kier alpha value is -2.58. The molecule has 1 aliphatic rings. The fraction of sp³-hybridized carbons (Fsp3) is 0.333. The quantitative estimate of drug-likeness (QED) is 0.659. The maximum atomic E-state index is 14.1. The van der Waals surface area contributed by atoms with Crippen molar-refractivity contribution < 1.29 is 9.18 Å². The molecule has 9 heteroatoms. The molecule has 2 heterocycles. The van der Waals surface area contributed by atoms with E-state index in [0.717, 1.165) is 11.3 Å². The topological polar surface area (TPSA) is 76.9 Å². The number of nitrogens with one attached hydrogen (secondary N) is 1. The van der Waals surface area contributed by atoms with Crippen molar-refractivity contribution in [1.29, 1.82) is 0 Å². The molecule has 1 saturated carbocycles. The normalized spacial score (nSPS) is 17.8. The maximum Gasteiger partial charge on any atom is 0.277 e. The third-order valence-corrected chi connectivity index (χ3v) is 6.92. The molecule has 30 heavy (non-hydrogen) atoms. The van der Waals surface area contributed by atoms with Crippen LogP contribution >= 0.6 is 22.9 Å². The second kappa shape index (κ2) is 7.59. The molecule has 3 aromatic rings. The van der Waals surface area contributed by atoms with E-state index >= 15 is 0 Å². The first kappa shape index (κ1) is 20.7. The Bertz CT molecular complexity index is 1220. The van der Waals surface area contributed by atoms with Crippen LogP contribution in [0.15, 0.2) is 23.0 Å². The van der Waals surface area contributed by atoms with Crippen molar-refractivity contribution in [2.24, 2.45) is 7.05 Å². The number of hydrogen-bond acceptors (Lipinski definition) is 5. The van der Waals surface area contributed by atoms with Crippen LogP contribution in [0.25, 0.3) is 10.6 Å². The number of thiazole rings is 1. The Morgan fingerprint density at radius 2 is 2.03 bits per heavy atom. The summed E-state index contributed by atoms with van der Waals surface area (Å²) in [6.07, 6.45) is 0.625. The van der Waals surface area contributed by atoms with Gasteiger partial charge < -0.3 is 5.32 Å². The molecule has 2 aromatic heterocycles. The first-order valence-corrected chi connectivity index (χ1v) is 10.7. The number of rotatable bonds is 4. The predicted molar refractivity (Wildman–Crippen MR) is 115 cm³/mol. The van der Waals surface area contributed by atoms with Crippen LogP contribution in [0, 0.1) is 26.6 Å². The molecule has 156 valence electrons. The van der Waals surface area contributed by atoms with Crippen LogP contribution in [0.5, 0.6) is 0 Å². The zero-order valence-corrected chi connectivity index (χ0v) is 18.5. The van der Waals surface area contributed by atoms with E-state index in [1.807, 2.05) is 13.8 Å². The molecule has 4 rings (SSSR count). The largest absolute Gasteiger partial charge is 0.348 e.